The van der Waals surface area contributed by atoms with Gasteiger partial charge in [0.2, 0.25) is 0 Å². The lowest BCUT2D eigenvalue weighted by molar-refractivity contribution is -0.138. The molecule has 1 atom stereocenters. The highest BCUT2D eigenvalue weighted by atomic mass is 32.2. The molecule has 2 saturated heterocycles. The number of likely N-dealkylation sites (tertiary alicyclic amines) is 1. The maximum Gasteiger partial charge on any atom is 0.410 e. The van der Waals surface area contributed by atoms with Crippen LogP contribution in [0.4, 0.5) is 4.79 Å². The number of hydroxylamine groups is 1. The highest BCUT2D eigenvalue weighted by Gasteiger charge is 2.50. The van der Waals surface area contributed by atoms with Gasteiger partial charge < -0.3 is 19.7 Å². The molecule has 0 aromatic heterocycles. The third-order valence-corrected chi connectivity index (χ3v) is 6.76. The molecule has 1 aromatic carbocycles. The number of hydrogen-bond acceptors (Lipinski definition) is 7. The van der Waals surface area contributed by atoms with Crippen molar-refractivity contribution in [3.8, 4) is 11.8 Å². The van der Waals surface area contributed by atoms with Gasteiger partial charge in [-0.15, -0.1) is 13.2 Å². The van der Waals surface area contributed by atoms with Gasteiger partial charge in [0.25, 0.3) is 11.8 Å². The monoisotopic (exact) mass is 503 g/mol. The Kier molecular flexibility index (Phi) is 9.77. The molecular formula is C25H33N3O6S. The van der Waals surface area contributed by atoms with E-state index in [1.54, 1.807) is 46.4 Å². The summed E-state index contributed by atoms with van der Waals surface area (Å²) in [7, 11) is 1.48. The van der Waals surface area contributed by atoms with E-state index in [-0.39, 0.29) is 12.0 Å². The van der Waals surface area contributed by atoms with Gasteiger partial charge in [0.1, 0.15) is 17.2 Å². The molecule has 0 aliphatic carbocycles. The number of thioether (sulfide) groups is 1. The zero-order chi connectivity index (χ0) is 26.2. The summed E-state index contributed by atoms with van der Waals surface area (Å²) >= 11 is 1.59. The van der Waals surface area contributed by atoms with Crippen LogP contribution >= 0.6 is 11.8 Å². The summed E-state index contributed by atoms with van der Waals surface area (Å²) in [4.78, 5) is 38.4. The van der Waals surface area contributed by atoms with Crippen molar-refractivity contribution in [2.75, 3.05) is 31.7 Å². The van der Waals surface area contributed by atoms with Gasteiger partial charge in [-0.2, -0.15) is 11.8 Å². The van der Waals surface area contributed by atoms with E-state index in [9.17, 15) is 14.4 Å². The molecule has 9 nitrogen and oxygen atoms in total. The molecule has 3 N–H and O–H groups in total. The highest BCUT2D eigenvalue weighted by molar-refractivity contribution is 8.00. The molecule has 3 amide bonds. The first-order chi connectivity index (χ1) is 16.6. The number of benzene rings is 1. The Morgan fingerprint density at radius 3 is 2.26 bits per heavy atom. The Balaban J connectivity index is 0.00000210. The molecular weight excluding hydrogens is 470 g/mol. The van der Waals surface area contributed by atoms with Gasteiger partial charge in [0.05, 0.1) is 5.92 Å². The van der Waals surface area contributed by atoms with Gasteiger partial charge in [-0.25, -0.2) is 10.3 Å². The largest absolute Gasteiger partial charge is 0.444 e. The molecule has 10 heteroatoms. The Morgan fingerprint density at radius 1 is 1.20 bits per heavy atom. The molecule has 3 rings (SSSR count). The first-order valence-electron chi connectivity index (χ1n) is 11.0. The molecule has 2 aliphatic rings. The lowest BCUT2D eigenvalue weighted by Gasteiger charge is -2.44. The third kappa shape index (κ3) is 7.24. The molecule has 1 unspecified atom stereocenters. The van der Waals surface area contributed by atoms with Crippen LogP contribution in [0.3, 0.4) is 0 Å². The average molecular weight is 504 g/mol. The maximum absolute atomic E-state index is 12.7. The number of amides is 3. The third-order valence-electron chi connectivity index (χ3n) is 5.37. The van der Waals surface area contributed by atoms with E-state index in [0.29, 0.717) is 30.2 Å². The lowest BCUT2D eigenvalue weighted by atomic mass is 9.95. The molecule has 0 spiro atoms. The molecule has 35 heavy (non-hydrogen) atoms. The van der Waals surface area contributed by atoms with Crippen LogP contribution in [0, 0.1) is 17.8 Å². The number of methoxy groups -OCH3 is 1. The number of ether oxygens (including phenoxy) is 2. The maximum atomic E-state index is 12.7. The zero-order valence-electron chi connectivity index (χ0n) is 20.6. The fourth-order valence-corrected chi connectivity index (χ4v) is 4.53. The minimum Gasteiger partial charge on any atom is -0.444 e. The van der Waals surface area contributed by atoms with Crippen LogP contribution in [0.15, 0.2) is 37.4 Å². The molecule has 2 aliphatic heterocycles. The lowest BCUT2D eigenvalue weighted by Crippen LogP contribution is -2.66. The van der Waals surface area contributed by atoms with Crippen molar-refractivity contribution in [3.05, 3.63) is 48.6 Å². The van der Waals surface area contributed by atoms with Gasteiger partial charge >= 0.3 is 6.09 Å². The van der Waals surface area contributed by atoms with Gasteiger partial charge in [0.15, 0.2) is 0 Å². The molecule has 0 saturated carbocycles. The first-order valence-corrected chi connectivity index (χ1v) is 12.2. The van der Waals surface area contributed by atoms with Crippen LogP contribution in [0.1, 0.15) is 36.7 Å². The fourth-order valence-electron chi connectivity index (χ4n) is 3.36. The molecule has 190 valence electrons. The van der Waals surface area contributed by atoms with Gasteiger partial charge in [-0.1, -0.05) is 11.8 Å². The van der Waals surface area contributed by atoms with Crippen LogP contribution in [-0.2, 0) is 14.3 Å². The van der Waals surface area contributed by atoms with Crippen molar-refractivity contribution in [1.29, 1.82) is 0 Å². The predicted octanol–water partition coefficient (Wildman–Crippen LogP) is 2.44. The minimum absolute atomic E-state index is 0.0730. The normalized spacial score (nSPS) is 17.1. The summed E-state index contributed by atoms with van der Waals surface area (Å²) in [6.45, 7) is 12.5. The van der Waals surface area contributed by atoms with E-state index in [4.69, 9.17) is 14.7 Å². The van der Waals surface area contributed by atoms with Crippen molar-refractivity contribution in [2.45, 2.75) is 38.0 Å². The second kappa shape index (κ2) is 12.1. The number of carbonyl (C=O) groups excluding carboxylic acids is 3. The molecule has 0 radical (unpaired) electrons. The first kappa shape index (κ1) is 28.2. The Hall–Kier alpha value is -3.00. The second-order valence-corrected chi connectivity index (χ2v) is 10.1. The van der Waals surface area contributed by atoms with Crippen LogP contribution in [0.5, 0.6) is 0 Å². The smallest absolute Gasteiger partial charge is 0.410 e. The molecule has 2 fully saturated rings. The second-order valence-electron chi connectivity index (χ2n) is 9.07. The number of carbonyl (C=O) groups is 3. The van der Waals surface area contributed by atoms with Crippen molar-refractivity contribution < 1.29 is 29.1 Å². The zero-order valence-corrected chi connectivity index (χ0v) is 21.4. The molecule has 2 heterocycles. The van der Waals surface area contributed by atoms with Crippen LogP contribution in [0.25, 0.3) is 0 Å². The van der Waals surface area contributed by atoms with E-state index in [0.717, 1.165) is 5.56 Å². The Bertz CT molecular complexity index is 964. The Labute approximate surface area is 210 Å². The number of nitrogens with one attached hydrogen (secondary N) is 2. The SMILES string of the molecule is C=C.COC1(C(NC(=O)c2ccc(C#CC3CN(C(=O)OC(C)(C)C)C3)cc2)C(=O)NO)CSC1. The summed E-state index contributed by atoms with van der Waals surface area (Å²) in [5, 5.41) is 11.7. The Morgan fingerprint density at radius 2 is 1.80 bits per heavy atom. The number of nitrogens with zero attached hydrogens (tertiary/aromatic N) is 1. The fraction of sp³-hybridized carbons (Fsp3) is 0.480. The summed E-state index contributed by atoms with van der Waals surface area (Å²) in [5.74, 6) is 6.14. The predicted molar refractivity (Wildman–Crippen MR) is 134 cm³/mol. The number of hydrogen-bond donors (Lipinski definition) is 3. The van der Waals surface area contributed by atoms with Gasteiger partial charge in [-0.05, 0) is 45.0 Å². The highest BCUT2D eigenvalue weighted by Crippen LogP contribution is 2.35. The van der Waals surface area contributed by atoms with E-state index in [1.165, 1.54) is 7.11 Å². The van der Waals surface area contributed by atoms with E-state index >= 15 is 0 Å². The quantitative estimate of drug-likeness (QED) is 0.245. The van der Waals surface area contributed by atoms with Crippen molar-refractivity contribution in [3.63, 3.8) is 0 Å². The summed E-state index contributed by atoms with van der Waals surface area (Å²) < 4.78 is 10.8. The van der Waals surface area contributed by atoms with Crippen LogP contribution in [0.2, 0.25) is 0 Å². The average Bonchev–Trinajstić information content (AvgIpc) is 2.77. The van der Waals surface area contributed by atoms with Crippen LogP contribution in [-0.4, -0.2) is 77.0 Å². The topological polar surface area (TPSA) is 117 Å². The van der Waals surface area contributed by atoms with Crippen molar-refractivity contribution in [2.24, 2.45) is 5.92 Å². The van der Waals surface area contributed by atoms with E-state index in [1.807, 2.05) is 20.8 Å². The van der Waals surface area contributed by atoms with E-state index < -0.39 is 29.1 Å². The standard InChI is InChI=1S/C23H29N3O6S.C2H4/c1-22(2,3)32-21(29)26-11-16(12-26)6-5-15-7-9-17(10-8-15)19(27)24-18(20(28)25-30)23(31-4)13-33-14-23;1-2/h7-10,16,18,30H,11-14H2,1-4H3,(H,24,27)(H,25,28);1-2H2. The minimum atomic E-state index is -1.02. The van der Waals surface area contributed by atoms with Crippen molar-refractivity contribution >= 4 is 29.7 Å². The molecule has 1 aromatic rings. The van der Waals surface area contributed by atoms with Crippen molar-refractivity contribution in [1.82, 2.24) is 15.7 Å². The van der Waals surface area contributed by atoms with Gasteiger partial charge in [-0.3, -0.25) is 14.8 Å². The summed E-state index contributed by atoms with van der Waals surface area (Å²) in [5.41, 5.74) is 1.32. The number of rotatable bonds is 5. The summed E-state index contributed by atoms with van der Waals surface area (Å²) in [6, 6.07) is 5.66. The molecule has 0 bridgehead atoms. The van der Waals surface area contributed by atoms with Gasteiger partial charge in [0, 0.05) is 42.8 Å². The van der Waals surface area contributed by atoms with Crippen LogP contribution < -0.4 is 10.8 Å². The van der Waals surface area contributed by atoms with E-state index in [2.05, 4.69) is 30.3 Å². The summed E-state index contributed by atoms with van der Waals surface area (Å²) in [6.07, 6.45) is -0.333.